The monoisotopic (exact) mass is 319 g/mol. The molecule has 4 heteroatoms. The fourth-order valence-electron chi connectivity index (χ4n) is 1.91. The van der Waals surface area contributed by atoms with Crippen molar-refractivity contribution in [2.24, 2.45) is 0 Å². The maximum absolute atomic E-state index is 12.3. The molecule has 0 radical (unpaired) electrons. The standard InChI is InChI=1S/C14H10BrNOS/c1-9-6-7-11(15)12(8-9)16-14(17)10-4-2-3-5-13(10)18-16/h2-8H,1H3. The summed E-state index contributed by atoms with van der Waals surface area (Å²) in [7, 11) is 0. The molecular formula is C14H10BrNOS. The number of benzene rings is 2. The van der Waals surface area contributed by atoms with Crippen LogP contribution in [0.25, 0.3) is 15.8 Å². The Kier molecular flexibility index (Phi) is 2.84. The van der Waals surface area contributed by atoms with Crippen LogP contribution in [0.15, 0.2) is 51.7 Å². The van der Waals surface area contributed by atoms with Gasteiger partial charge in [-0.25, -0.2) is 3.96 Å². The van der Waals surface area contributed by atoms with Crippen LogP contribution in [0.1, 0.15) is 5.56 Å². The number of halogens is 1. The van der Waals surface area contributed by atoms with E-state index in [1.807, 2.05) is 49.4 Å². The lowest BCUT2D eigenvalue weighted by Gasteiger charge is -2.04. The van der Waals surface area contributed by atoms with Gasteiger partial charge in [-0.05, 0) is 52.7 Å². The van der Waals surface area contributed by atoms with E-state index in [1.54, 1.807) is 3.96 Å². The molecule has 1 heterocycles. The second kappa shape index (κ2) is 4.37. The molecule has 0 unspecified atom stereocenters. The summed E-state index contributed by atoms with van der Waals surface area (Å²) in [6.45, 7) is 2.02. The molecule has 0 aliphatic carbocycles. The molecule has 0 atom stereocenters. The first-order valence-corrected chi connectivity index (χ1v) is 7.11. The van der Waals surface area contributed by atoms with Gasteiger partial charge in [-0.3, -0.25) is 4.79 Å². The highest BCUT2D eigenvalue weighted by molar-refractivity contribution is 9.10. The minimum absolute atomic E-state index is 0.0434. The number of hydrogen-bond donors (Lipinski definition) is 0. The lowest BCUT2D eigenvalue weighted by molar-refractivity contribution is 1.13. The van der Waals surface area contributed by atoms with Crippen LogP contribution < -0.4 is 5.56 Å². The number of aryl methyl sites for hydroxylation is 1. The van der Waals surface area contributed by atoms with Gasteiger partial charge >= 0.3 is 0 Å². The molecule has 0 amide bonds. The van der Waals surface area contributed by atoms with Crippen LogP contribution >= 0.6 is 27.5 Å². The largest absolute Gasteiger partial charge is 0.273 e. The molecule has 90 valence electrons. The zero-order valence-electron chi connectivity index (χ0n) is 9.68. The highest BCUT2D eigenvalue weighted by atomic mass is 79.9. The van der Waals surface area contributed by atoms with Crippen molar-refractivity contribution in [2.45, 2.75) is 6.92 Å². The van der Waals surface area contributed by atoms with Crippen LogP contribution in [-0.2, 0) is 0 Å². The van der Waals surface area contributed by atoms with Gasteiger partial charge in [-0.1, -0.05) is 29.7 Å². The molecule has 0 saturated heterocycles. The third-order valence-electron chi connectivity index (χ3n) is 2.81. The van der Waals surface area contributed by atoms with Crippen LogP contribution in [0, 0.1) is 6.92 Å². The average molecular weight is 320 g/mol. The number of rotatable bonds is 1. The number of fused-ring (bicyclic) bond motifs is 1. The highest BCUT2D eigenvalue weighted by Crippen LogP contribution is 2.26. The van der Waals surface area contributed by atoms with Gasteiger partial charge in [0.1, 0.15) is 0 Å². The van der Waals surface area contributed by atoms with Crippen LogP contribution in [0.4, 0.5) is 0 Å². The molecule has 2 aromatic carbocycles. The maximum atomic E-state index is 12.3. The summed E-state index contributed by atoms with van der Waals surface area (Å²) >= 11 is 4.98. The predicted molar refractivity (Wildman–Crippen MR) is 79.9 cm³/mol. The Morgan fingerprint density at radius 1 is 1.17 bits per heavy atom. The molecule has 2 nitrogen and oxygen atoms in total. The summed E-state index contributed by atoms with van der Waals surface area (Å²) in [6, 6.07) is 13.7. The van der Waals surface area contributed by atoms with Crippen molar-refractivity contribution in [1.82, 2.24) is 3.96 Å². The highest BCUT2D eigenvalue weighted by Gasteiger charge is 2.11. The normalized spacial score (nSPS) is 11.0. The summed E-state index contributed by atoms with van der Waals surface area (Å²) in [6.07, 6.45) is 0. The molecule has 0 aliphatic rings. The van der Waals surface area contributed by atoms with Gasteiger partial charge in [-0.15, -0.1) is 0 Å². The minimum atomic E-state index is 0.0434. The maximum Gasteiger partial charge on any atom is 0.273 e. The molecular weight excluding hydrogens is 310 g/mol. The average Bonchev–Trinajstić information content (AvgIpc) is 2.71. The van der Waals surface area contributed by atoms with E-state index >= 15 is 0 Å². The van der Waals surface area contributed by atoms with Crippen LogP contribution in [0.2, 0.25) is 0 Å². The zero-order chi connectivity index (χ0) is 12.7. The van der Waals surface area contributed by atoms with E-state index in [9.17, 15) is 4.79 Å². The number of nitrogens with zero attached hydrogens (tertiary/aromatic N) is 1. The summed E-state index contributed by atoms with van der Waals surface area (Å²) in [5, 5.41) is 0.774. The fraction of sp³-hybridized carbons (Fsp3) is 0.0714. The van der Waals surface area contributed by atoms with Crippen molar-refractivity contribution in [3.8, 4) is 5.69 Å². The van der Waals surface area contributed by atoms with E-state index in [0.29, 0.717) is 0 Å². The van der Waals surface area contributed by atoms with Gasteiger partial charge in [0.2, 0.25) is 0 Å². The number of aromatic nitrogens is 1. The Morgan fingerprint density at radius 2 is 1.94 bits per heavy atom. The Hall–Kier alpha value is -1.39. The van der Waals surface area contributed by atoms with Gasteiger partial charge in [0.15, 0.2) is 0 Å². The molecule has 0 saturated carbocycles. The van der Waals surface area contributed by atoms with Crippen LogP contribution in [0.3, 0.4) is 0 Å². The lowest BCUT2D eigenvalue weighted by atomic mass is 10.2. The number of hydrogen-bond acceptors (Lipinski definition) is 2. The second-order valence-corrected chi connectivity index (χ2v) is 5.98. The molecule has 3 aromatic rings. The Balaban J connectivity index is 2.35. The fourth-order valence-corrected chi connectivity index (χ4v) is 3.47. The van der Waals surface area contributed by atoms with Crippen LogP contribution in [0.5, 0.6) is 0 Å². The summed E-state index contributed by atoms with van der Waals surface area (Å²) in [5.41, 5.74) is 2.08. The first kappa shape index (κ1) is 11.7. The summed E-state index contributed by atoms with van der Waals surface area (Å²) < 4.78 is 3.68. The minimum Gasteiger partial charge on any atom is -0.267 e. The van der Waals surface area contributed by atoms with Crippen molar-refractivity contribution in [1.29, 1.82) is 0 Å². The van der Waals surface area contributed by atoms with Crippen LogP contribution in [-0.4, -0.2) is 3.96 Å². The van der Waals surface area contributed by atoms with Crippen molar-refractivity contribution >= 4 is 37.5 Å². The first-order chi connectivity index (χ1) is 8.66. The Morgan fingerprint density at radius 3 is 2.72 bits per heavy atom. The molecule has 1 aromatic heterocycles. The lowest BCUT2D eigenvalue weighted by Crippen LogP contribution is -2.11. The molecule has 0 fully saturated rings. The Bertz CT molecular complexity index is 788. The third-order valence-corrected chi connectivity index (χ3v) is 4.58. The van der Waals surface area contributed by atoms with E-state index in [0.717, 1.165) is 25.8 Å². The molecule has 0 spiro atoms. The third kappa shape index (κ3) is 1.82. The quantitative estimate of drug-likeness (QED) is 0.661. The molecule has 0 bridgehead atoms. The van der Waals surface area contributed by atoms with Gasteiger partial charge in [0.25, 0.3) is 5.56 Å². The zero-order valence-corrected chi connectivity index (χ0v) is 12.1. The molecule has 0 aliphatic heterocycles. The predicted octanol–water partition coefficient (Wildman–Crippen LogP) is 4.12. The van der Waals surface area contributed by atoms with E-state index < -0.39 is 0 Å². The van der Waals surface area contributed by atoms with E-state index in [4.69, 9.17) is 0 Å². The van der Waals surface area contributed by atoms with Gasteiger partial charge < -0.3 is 0 Å². The van der Waals surface area contributed by atoms with Gasteiger partial charge in [-0.2, -0.15) is 0 Å². The second-order valence-electron chi connectivity index (χ2n) is 4.14. The van der Waals surface area contributed by atoms with Crippen molar-refractivity contribution in [2.75, 3.05) is 0 Å². The van der Waals surface area contributed by atoms with Gasteiger partial charge in [0, 0.05) is 4.47 Å². The Labute approximate surface area is 117 Å². The van der Waals surface area contributed by atoms with Gasteiger partial charge in [0.05, 0.1) is 15.8 Å². The molecule has 3 rings (SSSR count). The topological polar surface area (TPSA) is 22.0 Å². The molecule has 18 heavy (non-hydrogen) atoms. The summed E-state index contributed by atoms with van der Waals surface area (Å²) in [5.74, 6) is 0. The summed E-state index contributed by atoms with van der Waals surface area (Å²) in [4.78, 5) is 12.3. The van der Waals surface area contributed by atoms with Crippen molar-refractivity contribution in [3.05, 3.63) is 62.9 Å². The van der Waals surface area contributed by atoms with E-state index in [2.05, 4.69) is 15.9 Å². The van der Waals surface area contributed by atoms with Crippen molar-refractivity contribution in [3.63, 3.8) is 0 Å². The van der Waals surface area contributed by atoms with E-state index in [-0.39, 0.29) is 5.56 Å². The smallest absolute Gasteiger partial charge is 0.267 e. The van der Waals surface area contributed by atoms with Crippen molar-refractivity contribution < 1.29 is 0 Å². The molecule has 0 N–H and O–H groups in total. The van der Waals surface area contributed by atoms with E-state index in [1.165, 1.54) is 11.5 Å². The SMILES string of the molecule is Cc1ccc(Br)c(-n2sc3ccccc3c2=O)c1. The first-order valence-electron chi connectivity index (χ1n) is 5.54.